The Morgan fingerprint density at radius 3 is 2.18 bits per heavy atom. The summed E-state index contributed by atoms with van der Waals surface area (Å²) < 4.78 is 0. The molecule has 0 radical (unpaired) electrons. The van der Waals surface area contributed by atoms with Crippen LogP contribution in [0.2, 0.25) is 0 Å². The normalized spacial score (nSPS) is 15.1. The quantitative estimate of drug-likeness (QED) is 0.607. The first-order valence-corrected chi connectivity index (χ1v) is 3.68. The van der Waals surface area contributed by atoms with Crippen molar-refractivity contribution in [1.29, 1.82) is 10.5 Å². The van der Waals surface area contributed by atoms with Crippen LogP contribution in [-0.2, 0) is 0 Å². The van der Waals surface area contributed by atoms with E-state index < -0.39 is 0 Å². The molecule has 0 heterocycles. The summed E-state index contributed by atoms with van der Waals surface area (Å²) in [5.74, 6) is 0. The van der Waals surface area contributed by atoms with Crippen molar-refractivity contribution < 1.29 is 0 Å². The molecule has 0 fully saturated rings. The smallest absolute Gasteiger partial charge is 0.0983 e. The van der Waals surface area contributed by atoms with Crippen molar-refractivity contribution in [2.24, 2.45) is 0 Å². The lowest BCUT2D eigenvalue weighted by Gasteiger charge is -2.22. The summed E-state index contributed by atoms with van der Waals surface area (Å²) in [5, 5.41) is 17.2. The Balaban J connectivity index is 4.13. The number of nitrogens with zero attached hydrogens (tertiary/aromatic N) is 3. The zero-order valence-electron chi connectivity index (χ0n) is 7.20. The molecule has 0 rings (SSSR count). The summed E-state index contributed by atoms with van der Waals surface area (Å²) in [5.41, 5.74) is 0. The number of hydrogen-bond donors (Lipinski definition) is 0. The molecule has 0 saturated heterocycles. The van der Waals surface area contributed by atoms with Gasteiger partial charge in [-0.2, -0.15) is 10.5 Å². The maximum absolute atomic E-state index is 8.64. The Bertz CT molecular complexity index is 186. The van der Waals surface area contributed by atoms with Crippen LogP contribution in [0.1, 0.15) is 20.3 Å². The highest BCUT2D eigenvalue weighted by molar-refractivity contribution is 4.97. The van der Waals surface area contributed by atoms with Crippen LogP contribution in [0, 0.1) is 22.7 Å². The number of hydrogen-bond acceptors (Lipinski definition) is 3. The molecule has 3 heteroatoms. The molecule has 2 atom stereocenters. The third-order valence-electron chi connectivity index (χ3n) is 1.83. The molecule has 0 spiro atoms. The summed E-state index contributed by atoms with van der Waals surface area (Å²) in [6.45, 7) is 3.73. The highest BCUT2D eigenvalue weighted by Gasteiger charge is 2.16. The van der Waals surface area contributed by atoms with Crippen molar-refractivity contribution in [3.63, 3.8) is 0 Å². The molecule has 0 N–H and O–H groups in total. The van der Waals surface area contributed by atoms with Gasteiger partial charge in [-0.3, -0.25) is 4.90 Å². The molecular weight excluding hydrogens is 138 g/mol. The van der Waals surface area contributed by atoms with Crippen molar-refractivity contribution in [3.8, 4) is 12.1 Å². The topological polar surface area (TPSA) is 50.8 Å². The van der Waals surface area contributed by atoms with Gasteiger partial charge in [0.1, 0.15) is 0 Å². The zero-order chi connectivity index (χ0) is 8.85. The number of rotatable bonds is 3. The lowest BCUT2D eigenvalue weighted by atomic mass is 10.2. The third-order valence-corrected chi connectivity index (χ3v) is 1.83. The largest absolute Gasteiger partial charge is 0.276 e. The number of nitriles is 2. The Kier molecular flexibility index (Phi) is 4.26. The van der Waals surface area contributed by atoms with E-state index in [2.05, 4.69) is 12.1 Å². The van der Waals surface area contributed by atoms with Gasteiger partial charge >= 0.3 is 0 Å². The second kappa shape index (κ2) is 4.71. The van der Waals surface area contributed by atoms with Crippen LogP contribution in [0.25, 0.3) is 0 Å². The summed E-state index contributed by atoms with van der Waals surface area (Å²) in [7, 11) is 1.80. The van der Waals surface area contributed by atoms with Gasteiger partial charge < -0.3 is 0 Å². The molecule has 0 aliphatic rings. The molecule has 0 aromatic rings. The minimum atomic E-state index is -0.181. The van der Waals surface area contributed by atoms with Gasteiger partial charge in [-0.05, 0) is 20.4 Å². The second-order valence-electron chi connectivity index (χ2n) is 2.52. The van der Waals surface area contributed by atoms with Crippen LogP contribution in [-0.4, -0.2) is 24.0 Å². The first-order chi connectivity index (χ1) is 5.17. The summed E-state index contributed by atoms with van der Waals surface area (Å²) in [4.78, 5) is 1.78. The predicted molar refractivity (Wildman–Crippen MR) is 42.5 cm³/mol. The molecular formula is C8H13N3. The van der Waals surface area contributed by atoms with Crippen molar-refractivity contribution in [3.05, 3.63) is 0 Å². The lowest BCUT2D eigenvalue weighted by Crippen LogP contribution is -2.36. The minimum absolute atomic E-state index is 0.135. The van der Waals surface area contributed by atoms with Gasteiger partial charge in [0.05, 0.1) is 24.2 Å². The Labute approximate surface area is 67.8 Å². The Morgan fingerprint density at radius 2 is 1.91 bits per heavy atom. The third kappa shape index (κ3) is 2.57. The van der Waals surface area contributed by atoms with E-state index >= 15 is 0 Å². The summed E-state index contributed by atoms with van der Waals surface area (Å²) in [6.07, 6.45) is 0.763. The van der Waals surface area contributed by atoms with E-state index in [-0.39, 0.29) is 12.1 Å². The maximum Gasteiger partial charge on any atom is 0.0983 e. The lowest BCUT2D eigenvalue weighted by molar-refractivity contribution is 0.253. The average Bonchev–Trinajstić information content (AvgIpc) is 2.05. The van der Waals surface area contributed by atoms with E-state index in [1.165, 1.54) is 0 Å². The second-order valence-corrected chi connectivity index (χ2v) is 2.52. The van der Waals surface area contributed by atoms with E-state index in [0.717, 1.165) is 6.42 Å². The molecule has 0 aliphatic heterocycles. The van der Waals surface area contributed by atoms with Gasteiger partial charge in [0.25, 0.3) is 0 Å². The zero-order valence-corrected chi connectivity index (χ0v) is 7.20. The summed E-state index contributed by atoms with van der Waals surface area (Å²) >= 11 is 0. The molecule has 0 aromatic carbocycles. The van der Waals surface area contributed by atoms with Crippen LogP contribution >= 0.6 is 0 Å². The van der Waals surface area contributed by atoms with Gasteiger partial charge in [0, 0.05) is 0 Å². The fourth-order valence-corrected chi connectivity index (χ4v) is 0.831. The molecule has 0 aromatic heterocycles. The van der Waals surface area contributed by atoms with Crippen molar-refractivity contribution in [2.75, 3.05) is 7.05 Å². The first kappa shape index (κ1) is 9.94. The van der Waals surface area contributed by atoms with Crippen LogP contribution in [0.3, 0.4) is 0 Å². The highest BCUT2D eigenvalue weighted by Crippen LogP contribution is 2.03. The average molecular weight is 151 g/mol. The molecule has 0 bridgehead atoms. The summed E-state index contributed by atoms with van der Waals surface area (Å²) in [6, 6.07) is 3.91. The van der Waals surface area contributed by atoms with Crippen LogP contribution in [0.4, 0.5) is 0 Å². The molecule has 11 heavy (non-hydrogen) atoms. The van der Waals surface area contributed by atoms with E-state index in [0.29, 0.717) is 0 Å². The van der Waals surface area contributed by atoms with Crippen molar-refractivity contribution in [2.45, 2.75) is 32.4 Å². The molecule has 0 amide bonds. The predicted octanol–water partition coefficient (Wildman–Crippen LogP) is 1.13. The standard InChI is InChI=1S/C8H13N3/c1-4-8(6-10)11(3)7(2)5-9/h7-8H,4H2,1-3H3. The molecule has 2 unspecified atom stereocenters. The van der Waals surface area contributed by atoms with E-state index in [9.17, 15) is 0 Å². The highest BCUT2D eigenvalue weighted by atomic mass is 15.1. The van der Waals surface area contributed by atoms with E-state index in [1.807, 2.05) is 6.92 Å². The fraction of sp³-hybridized carbons (Fsp3) is 0.750. The van der Waals surface area contributed by atoms with Gasteiger partial charge in [0.15, 0.2) is 0 Å². The van der Waals surface area contributed by atoms with E-state index in [1.54, 1.807) is 18.9 Å². The Hall–Kier alpha value is -1.06. The van der Waals surface area contributed by atoms with Gasteiger partial charge in [-0.1, -0.05) is 6.92 Å². The first-order valence-electron chi connectivity index (χ1n) is 3.68. The molecule has 60 valence electrons. The molecule has 3 nitrogen and oxygen atoms in total. The van der Waals surface area contributed by atoms with Gasteiger partial charge in [-0.25, -0.2) is 0 Å². The van der Waals surface area contributed by atoms with Crippen LogP contribution < -0.4 is 0 Å². The maximum atomic E-state index is 8.64. The monoisotopic (exact) mass is 151 g/mol. The Morgan fingerprint density at radius 1 is 1.36 bits per heavy atom. The van der Waals surface area contributed by atoms with Crippen LogP contribution in [0.5, 0.6) is 0 Å². The van der Waals surface area contributed by atoms with Crippen molar-refractivity contribution >= 4 is 0 Å². The molecule has 0 aliphatic carbocycles. The van der Waals surface area contributed by atoms with Crippen molar-refractivity contribution in [1.82, 2.24) is 4.90 Å². The molecule has 0 saturated carbocycles. The van der Waals surface area contributed by atoms with Gasteiger partial charge in [-0.15, -0.1) is 0 Å². The minimum Gasteiger partial charge on any atom is -0.276 e. The fourth-order valence-electron chi connectivity index (χ4n) is 0.831. The van der Waals surface area contributed by atoms with Gasteiger partial charge in [0.2, 0.25) is 0 Å². The SMILES string of the molecule is CCC(C#N)N(C)C(C)C#N. The van der Waals surface area contributed by atoms with Crippen LogP contribution in [0.15, 0.2) is 0 Å². The van der Waals surface area contributed by atoms with E-state index in [4.69, 9.17) is 10.5 Å².